The Kier molecular flexibility index (Phi) is 6.25. The third-order valence-electron chi connectivity index (χ3n) is 5.46. The van der Waals surface area contributed by atoms with Crippen molar-refractivity contribution < 1.29 is 32.3 Å². The maximum Gasteiger partial charge on any atom is 0.416 e. The first-order valence-corrected chi connectivity index (χ1v) is 10.0. The van der Waals surface area contributed by atoms with Crippen molar-refractivity contribution in [3.05, 3.63) is 65.0 Å². The van der Waals surface area contributed by atoms with Crippen LogP contribution in [0.2, 0.25) is 0 Å². The molecule has 1 atom stereocenters. The molecule has 0 aliphatic carbocycles. The molecule has 2 aromatic carbocycles. The number of hydrogen-bond donors (Lipinski definition) is 2. The number of ether oxygens (including phenoxy) is 1. The predicted octanol–water partition coefficient (Wildman–Crippen LogP) is 4.79. The summed E-state index contributed by atoms with van der Waals surface area (Å²) in [6, 6.07) is 9.72. The van der Waals surface area contributed by atoms with Crippen molar-refractivity contribution in [1.82, 2.24) is 15.5 Å². The Morgan fingerprint density at radius 1 is 1.06 bits per heavy atom. The molecule has 7 nitrogen and oxygen atoms in total. The van der Waals surface area contributed by atoms with E-state index in [1.54, 1.807) is 26.1 Å². The molecular formula is C23H24F3N3O4. The smallest absolute Gasteiger partial charge is 0.416 e. The number of aliphatic carboxylic acids is 1. The average molecular weight is 463 g/mol. The van der Waals surface area contributed by atoms with E-state index in [4.69, 9.17) is 9.26 Å². The number of carbonyl (C=O) groups is 1. The highest BCUT2D eigenvalue weighted by Crippen LogP contribution is 2.34. The minimum absolute atomic E-state index is 0.153. The van der Waals surface area contributed by atoms with Gasteiger partial charge in [-0.15, -0.1) is 0 Å². The van der Waals surface area contributed by atoms with E-state index in [0.29, 0.717) is 16.9 Å². The lowest BCUT2D eigenvalue weighted by molar-refractivity contribution is -0.152. The SMILES string of the molecule is CNC(C)(c1ccc(OC(C)(C)C(=O)O)c(C)c1)c1nc(-c2ccc(C(F)(F)F)cc2)no1. The molecule has 10 heteroatoms. The monoisotopic (exact) mass is 463 g/mol. The lowest BCUT2D eigenvalue weighted by atomic mass is 9.90. The Morgan fingerprint density at radius 2 is 1.67 bits per heavy atom. The van der Waals surface area contributed by atoms with Crippen LogP contribution in [-0.2, 0) is 16.5 Å². The lowest BCUT2D eigenvalue weighted by Gasteiger charge is -2.27. The van der Waals surface area contributed by atoms with Gasteiger partial charge in [-0.25, -0.2) is 4.79 Å². The summed E-state index contributed by atoms with van der Waals surface area (Å²) in [6.07, 6.45) is -4.43. The standard InChI is InChI=1S/C23H24F3N3O4/c1-13-12-16(10-11-17(13)32-21(2,3)20(30)31)22(4,27-5)19-28-18(29-33-19)14-6-8-15(9-7-14)23(24,25)26/h6-12,27H,1-5H3,(H,30,31). The molecule has 3 aromatic rings. The van der Waals surface area contributed by atoms with E-state index in [9.17, 15) is 23.1 Å². The number of alkyl halides is 3. The van der Waals surface area contributed by atoms with Crippen LogP contribution >= 0.6 is 0 Å². The first kappa shape index (κ1) is 24.2. The molecule has 1 aromatic heterocycles. The Labute approximate surface area is 188 Å². The quantitative estimate of drug-likeness (QED) is 0.520. The second-order valence-electron chi connectivity index (χ2n) is 8.27. The molecule has 0 bridgehead atoms. The van der Waals surface area contributed by atoms with Gasteiger partial charge in [0, 0.05) is 5.56 Å². The van der Waals surface area contributed by atoms with Gasteiger partial charge in [-0.2, -0.15) is 18.2 Å². The highest BCUT2D eigenvalue weighted by atomic mass is 19.4. The summed E-state index contributed by atoms with van der Waals surface area (Å²) in [7, 11) is 1.70. The van der Waals surface area contributed by atoms with Gasteiger partial charge in [0.15, 0.2) is 5.60 Å². The molecule has 0 aliphatic heterocycles. The van der Waals surface area contributed by atoms with Crippen LogP contribution < -0.4 is 10.1 Å². The van der Waals surface area contributed by atoms with Crippen molar-refractivity contribution in [3.63, 3.8) is 0 Å². The van der Waals surface area contributed by atoms with E-state index in [1.807, 2.05) is 13.0 Å². The number of carboxylic acid groups (broad SMARTS) is 1. The van der Waals surface area contributed by atoms with Crippen LogP contribution in [0.3, 0.4) is 0 Å². The van der Waals surface area contributed by atoms with Crippen molar-refractivity contribution in [3.8, 4) is 17.1 Å². The number of rotatable bonds is 7. The number of halogens is 3. The number of aromatic nitrogens is 2. The zero-order chi connectivity index (χ0) is 24.6. The van der Waals surface area contributed by atoms with Gasteiger partial charge in [0.25, 0.3) is 5.89 Å². The van der Waals surface area contributed by atoms with Gasteiger partial charge >= 0.3 is 12.1 Å². The highest BCUT2D eigenvalue weighted by molar-refractivity contribution is 5.76. The normalized spacial score (nSPS) is 14.1. The van der Waals surface area contributed by atoms with Crippen LogP contribution in [0.5, 0.6) is 5.75 Å². The lowest BCUT2D eigenvalue weighted by Crippen LogP contribution is -2.39. The Morgan fingerprint density at radius 3 is 2.18 bits per heavy atom. The van der Waals surface area contributed by atoms with Gasteiger partial charge < -0.3 is 19.7 Å². The minimum atomic E-state index is -4.43. The fraction of sp³-hybridized carbons (Fsp3) is 0.348. The fourth-order valence-corrected chi connectivity index (χ4v) is 3.12. The molecule has 0 amide bonds. The van der Waals surface area contributed by atoms with Gasteiger partial charge in [-0.3, -0.25) is 0 Å². The van der Waals surface area contributed by atoms with Gasteiger partial charge in [0.2, 0.25) is 5.82 Å². The number of carboxylic acids is 1. The summed E-state index contributed by atoms with van der Waals surface area (Å²) in [5, 5.41) is 16.4. The molecule has 3 rings (SSSR count). The number of benzene rings is 2. The Bertz CT molecular complexity index is 1160. The van der Waals surface area contributed by atoms with Crippen LogP contribution in [0.1, 0.15) is 43.4 Å². The summed E-state index contributed by atoms with van der Waals surface area (Å²) in [4.78, 5) is 15.8. The highest BCUT2D eigenvalue weighted by Gasteiger charge is 2.35. The summed E-state index contributed by atoms with van der Waals surface area (Å²) < 4.78 is 49.5. The van der Waals surface area contributed by atoms with Gasteiger partial charge in [0.1, 0.15) is 11.3 Å². The zero-order valence-electron chi connectivity index (χ0n) is 18.7. The van der Waals surface area contributed by atoms with Crippen LogP contribution in [0.4, 0.5) is 13.2 Å². The number of hydrogen-bond acceptors (Lipinski definition) is 6. The molecule has 0 saturated heterocycles. The third-order valence-corrected chi connectivity index (χ3v) is 5.46. The van der Waals surface area contributed by atoms with E-state index in [-0.39, 0.29) is 11.7 Å². The number of nitrogens with one attached hydrogen (secondary N) is 1. The third kappa shape index (κ3) is 4.85. The molecule has 33 heavy (non-hydrogen) atoms. The molecule has 0 radical (unpaired) electrons. The first-order valence-electron chi connectivity index (χ1n) is 10.0. The Balaban J connectivity index is 1.91. The fourth-order valence-electron chi connectivity index (χ4n) is 3.12. The van der Waals surface area contributed by atoms with Crippen molar-refractivity contribution >= 4 is 5.97 Å². The summed E-state index contributed by atoms with van der Waals surface area (Å²) in [6.45, 7) is 6.52. The van der Waals surface area contributed by atoms with E-state index >= 15 is 0 Å². The van der Waals surface area contributed by atoms with Crippen molar-refractivity contribution in [2.24, 2.45) is 0 Å². The molecule has 0 spiro atoms. The summed E-state index contributed by atoms with van der Waals surface area (Å²) >= 11 is 0. The molecule has 1 heterocycles. The Hall–Kier alpha value is -3.40. The van der Waals surface area contributed by atoms with E-state index in [0.717, 1.165) is 17.7 Å². The van der Waals surface area contributed by atoms with E-state index in [2.05, 4.69) is 15.5 Å². The second-order valence-corrected chi connectivity index (χ2v) is 8.27. The van der Waals surface area contributed by atoms with Crippen molar-refractivity contribution in [1.29, 1.82) is 0 Å². The van der Waals surface area contributed by atoms with Gasteiger partial charge in [-0.05, 0) is 64.1 Å². The number of nitrogens with zero attached hydrogens (tertiary/aromatic N) is 2. The maximum atomic E-state index is 12.8. The van der Waals surface area contributed by atoms with Crippen molar-refractivity contribution in [2.75, 3.05) is 7.05 Å². The first-order chi connectivity index (χ1) is 15.3. The maximum absolute atomic E-state index is 12.8. The molecule has 176 valence electrons. The van der Waals surface area contributed by atoms with Gasteiger partial charge in [0.05, 0.1) is 5.56 Å². The average Bonchev–Trinajstić information content (AvgIpc) is 3.24. The molecule has 0 aliphatic rings. The summed E-state index contributed by atoms with van der Waals surface area (Å²) in [5.74, 6) is -0.313. The molecular weight excluding hydrogens is 439 g/mol. The van der Waals surface area contributed by atoms with Crippen LogP contribution in [-0.4, -0.2) is 33.9 Å². The molecule has 0 saturated carbocycles. The molecule has 2 N–H and O–H groups in total. The van der Waals surface area contributed by atoms with Crippen LogP contribution in [0.15, 0.2) is 47.0 Å². The minimum Gasteiger partial charge on any atom is -0.478 e. The number of aryl methyl sites for hydroxylation is 1. The topological polar surface area (TPSA) is 97.5 Å². The van der Waals surface area contributed by atoms with Crippen LogP contribution in [0, 0.1) is 6.92 Å². The summed E-state index contributed by atoms with van der Waals surface area (Å²) in [5.41, 5.74) is -1.27. The molecule has 1 unspecified atom stereocenters. The van der Waals surface area contributed by atoms with Crippen molar-refractivity contribution in [2.45, 2.75) is 45.0 Å². The predicted molar refractivity (Wildman–Crippen MR) is 114 cm³/mol. The largest absolute Gasteiger partial charge is 0.478 e. The van der Waals surface area contributed by atoms with Crippen LogP contribution in [0.25, 0.3) is 11.4 Å². The van der Waals surface area contributed by atoms with Gasteiger partial charge in [-0.1, -0.05) is 29.4 Å². The zero-order valence-corrected chi connectivity index (χ0v) is 18.7. The molecule has 0 fully saturated rings. The van der Waals surface area contributed by atoms with E-state index in [1.165, 1.54) is 26.0 Å². The van der Waals surface area contributed by atoms with E-state index < -0.39 is 28.8 Å². The second kappa shape index (κ2) is 8.51.